The summed E-state index contributed by atoms with van der Waals surface area (Å²) in [5.41, 5.74) is 0.911. The molecule has 0 radical (unpaired) electrons. The second-order valence-electron chi connectivity index (χ2n) is 6.32. The molecule has 1 aliphatic rings. The molecule has 28 heavy (non-hydrogen) atoms. The molecule has 3 atom stereocenters. The van der Waals surface area contributed by atoms with E-state index in [1.807, 2.05) is 0 Å². The van der Waals surface area contributed by atoms with Crippen LogP contribution in [0.3, 0.4) is 0 Å². The van der Waals surface area contributed by atoms with E-state index >= 15 is 0 Å². The molecule has 9 heteroatoms. The fraction of sp³-hybridized carbons (Fsp3) is 0.316. The molecule has 1 N–H and O–H groups in total. The van der Waals surface area contributed by atoms with Crippen molar-refractivity contribution in [2.45, 2.75) is 24.4 Å². The summed E-state index contributed by atoms with van der Waals surface area (Å²) in [7, 11) is 0. The number of ether oxygens (including phenoxy) is 1. The molecule has 2 aromatic rings. The van der Waals surface area contributed by atoms with Crippen molar-refractivity contribution in [1.82, 2.24) is 4.90 Å². The number of morpholine rings is 1. The molecule has 1 saturated heterocycles. The molecular weight excluding hydrogens is 418 g/mol. The van der Waals surface area contributed by atoms with Gasteiger partial charge in [-0.15, -0.1) is 0 Å². The summed E-state index contributed by atoms with van der Waals surface area (Å²) in [5, 5.41) is 10.2. The minimum atomic E-state index is -4.81. The van der Waals surface area contributed by atoms with Crippen molar-refractivity contribution in [3.63, 3.8) is 0 Å². The van der Waals surface area contributed by atoms with Crippen LogP contribution in [0.1, 0.15) is 23.3 Å². The Bertz CT molecular complexity index is 845. The van der Waals surface area contributed by atoms with Gasteiger partial charge in [0.05, 0.1) is 12.6 Å². The molecule has 1 heterocycles. The van der Waals surface area contributed by atoms with Crippen LogP contribution in [0.25, 0.3) is 0 Å². The Labute approximate surface area is 169 Å². The highest BCUT2D eigenvalue weighted by Gasteiger charge is 2.51. The van der Waals surface area contributed by atoms with Crippen LogP contribution in [0.2, 0.25) is 10.0 Å². The van der Waals surface area contributed by atoms with E-state index in [4.69, 9.17) is 27.9 Å². The summed E-state index contributed by atoms with van der Waals surface area (Å²) in [6.07, 6.45) is -5.72. The monoisotopic (exact) mass is 433 g/mol. The predicted molar refractivity (Wildman–Crippen MR) is 98.1 cm³/mol. The molecule has 0 spiro atoms. The van der Waals surface area contributed by atoms with Gasteiger partial charge in [0, 0.05) is 10.0 Å². The van der Waals surface area contributed by atoms with Gasteiger partial charge in [-0.05, 0) is 35.4 Å². The first kappa shape index (κ1) is 20.9. The minimum Gasteiger partial charge on any atom is -0.394 e. The Morgan fingerprint density at radius 3 is 2.36 bits per heavy atom. The van der Waals surface area contributed by atoms with Crippen LogP contribution in [-0.2, 0) is 9.53 Å². The molecule has 2 aromatic carbocycles. The van der Waals surface area contributed by atoms with Crippen molar-refractivity contribution in [3.05, 3.63) is 69.7 Å². The molecule has 1 aliphatic heterocycles. The molecule has 4 nitrogen and oxygen atoms in total. The van der Waals surface area contributed by atoms with E-state index in [0.29, 0.717) is 26.1 Å². The zero-order valence-electron chi connectivity index (χ0n) is 14.4. The third kappa shape index (κ3) is 4.27. The number of hydrogen-bond donors (Lipinski definition) is 1. The first-order chi connectivity index (χ1) is 13.2. The molecule has 1 fully saturated rings. The van der Waals surface area contributed by atoms with Gasteiger partial charge in [0.25, 0.3) is 0 Å². The van der Waals surface area contributed by atoms with E-state index in [9.17, 15) is 23.1 Å². The van der Waals surface area contributed by atoms with Gasteiger partial charge in [-0.1, -0.05) is 47.5 Å². The second-order valence-corrected chi connectivity index (χ2v) is 7.20. The van der Waals surface area contributed by atoms with E-state index < -0.39 is 43.5 Å². The molecule has 1 amide bonds. The topological polar surface area (TPSA) is 49.8 Å². The average Bonchev–Trinajstić information content (AvgIpc) is 2.63. The molecule has 0 saturated carbocycles. The van der Waals surface area contributed by atoms with E-state index in [1.165, 1.54) is 24.3 Å². The Morgan fingerprint density at radius 1 is 1.11 bits per heavy atom. The SMILES string of the molecule is O=C1COC(c2cccc(Cl)c2)[C@@H](c2ccc(Cl)cc2)N1[C@@H](CO)C(F)(F)F. The quantitative estimate of drug-likeness (QED) is 0.768. The van der Waals surface area contributed by atoms with Gasteiger partial charge in [0.2, 0.25) is 5.91 Å². The predicted octanol–water partition coefficient (Wildman–Crippen LogP) is 4.56. The highest BCUT2D eigenvalue weighted by atomic mass is 35.5. The summed E-state index contributed by atoms with van der Waals surface area (Å²) >= 11 is 11.9. The van der Waals surface area contributed by atoms with Crippen LogP contribution >= 0.6 is 23.2 Å². The van der Waals surface area contributed by atoms with Crippen LogP contribution in [-0.4, -0.2) is 41.3 Å². The molecule has 0 bridgehead atoms. The van der Waals surface area contributed by atoms with Crippen LogP contribution in [0.5, 0.6) is 0 Å². The van der Waals surface area contributed by atoms with Gasteiger partial charge < -0.3 is 14.7 Å². The van der Waals surface area contributed by atoms with Gasteiger partial charge >= 0.3 is 6.18 Å². The number of alkyl halides is 3. The van der Waals surface area contributed by atoms with Crippen molar-refractivity contribution in [2.24, 2.45) is 0 Å². The molecule has 150 valence electrons. The third-order valence-electron chi connectivity index (χ3n) is 4.54. The number of hydrogen-bond acceptors (Lipinski definition) is 3. The summed E-state index contributed by atoms with van der Waals surface area (Å²) in [6.45, 7) is -1.81. The van der Waals surface area contributed by atoms with Crippen molar-refractivity contribution in [3.8, 4) is 0 Å². The Kier molecular flexibility index (Phi) is 6.19. The van der Waals surface area contributed by atoms with Crippen molar-refractivity contribution < 1.29 is 27.8 Å². The van der Waals surface area contributed by atoms with E-state index in [1.54, 1.807) is 24.3 Å². The van der Waals surface area contributed by atoms with E-state index in [2.05, 4.69) is 0 Å². The number of carbonyl (C=O) groups excluding carboxylic acids is 1. The standard InChI is InChI=1S/C19H16Cl2F3NO3/c20-13-6-4-11(5-7-13)17-18(12-2-1-3-14(21)8-12)28-10-16(27)25(17)15(9-26)19(22,23)24/h1-8,15,17-18,26H,9-10H2/t15-,17+,18?/m0/s1. The number of carbonyl (C=O) groups is 1. The van der Waals surface area contributed by atoms with Crippen LogP contribution in [0, 0.1) is 0 Å². The summed E-state index contributed by atoms with van der Waals surface area (Å²) < 4.78 is 46.4. The van der Waals surface area contributed by atoms with E-state index in [-0.39, 0.29) is 0 Å². The Balaban J connectivity index is 2.14. The highest BCUT2D eigenvalue weighted by molar-refractivity contribution is 6.30. The van der Waals surface area contributed by atoms with Gasteiger partial charge in [-0.2, -0.15) is 13.2 Å². The van der Waals surface area contributed by atoms with Gasteiger partial charge in [-0.25, -0.2) is 0 Å². The smallest absolute Gasteiger partial charge is 0.394 e. The van der Waals surface area contributed by atoms with Crippen molar-refractivity contribution in [1.29, 1.82) is 0 Å². The molecule has 1 unspecified atom stereocenters. The van der Waals surface area contributed by atoms with Crippen LogP contribution in [0.4, 0.5) is 13.2 Å². The first-order valence-corrected chi connectivity index (χ1v) is 9.09. The number of amides is 1. The highest BCUT2D eigenvalue weighted by Crippen LogP contribution is 2.44. The molecule has 0 aliphatic carbocycles. The summed E-state index contributed by atoms with van der Waals surface area (Å²) in [4.78, 5) is 13.1. The summed E-state index contributed by atoms with van der Waals surface area (Å²) in [6, 6.07) is 9.11. The second kappa shape index (κ2) is 8.29. The third-order valence-corrected chi connectivity index (χ3v) is 5.02. The average molecular weight is 434 g/mol. The first-order valence-electron chi connectivity index (χ1n) is 8.33. The van der Waals surface area contributed by atoms with Gasteiger partial charge in [-0.3, -0.25) is 4.79 Å². The largest absolute Gasteiger partial charge is 0.411 e. The Morgan fingerprint density at radius 2 is 1.79 bits per heavy atom. The lowest BCUT2D eigenvalue weighted by Crippen LogP contribution is -2.57. The van der Waals surface area contributed by atoms with Crippen molar-refractivity contribution >= 4 is 29.1 Å². The van der Waals surface area contributed by atoms with Crippen molar-refractivity contribution in [2.75, 3.05) is 13.2 Å². The van der Waals surface area contributed by atoms with E-state index in [0.717, 1.165) is 0 Å². The maximum Gasteiger partial charge on any atom is 0.411 e. The van der Waals surface area contributed by atoms with Crippen LogP contribution in [0.15, 0.2) is 48.5 Å². The zero-order chi connectivity index (χ0) is 20.5. The van der Waals surface area contributed by atoms with Gasteiger partial charge in [0.1, 0.15) is 12.7 Å². The fourth-order valence-corrected chi connectivity index (χ4v) is 3.63. The molecular formula is C19H16Cl2F3NO3. The number of aliphatic hydroxyl groups excluding tert-OH is 1. The number of aliphatic hydroxyl groups is 1. The minimum absolute atomic E-state index is 0.383. The molecule has 0 aromatic heterocycles. The summed E-state index contributed by atoms with van der Waals surface area (Å²) in [5.74, 6) is -0.866. The normalized spacial score (nSPS) is 21.6. The lowest BCUT2D eigenvalue weighted by Gasteiger charge is -2.45. The number of halogens is 5. The lowest BCUT2D eigenvalue weighted by atomic mass is 9.91. The number of rotatable bonds is 4. The Hall–Kier alpha value is -1.80. The lowest BCUT2D eigenvalue weighted by molar-refractivity contribution is -0.220. The number of benzene rings is 2. The zero-order valence-corrected chi connectivity index (χ0v) is 15.9. The molecule has 3 rings (SSSR count). The number of nitrogens with zero attached hydrogens (tertiary/aromatic N) is 1. The maximum atomic E-state index is 13.6. The van der Waals surface area contributed by atoms with Crippen LogP contribution < -0.4 is 0 Å². The fourth-order valence-electron chi connectivity index (χ4n) is 3.30. The maximum absolute atomic E-state index is 13.6. The van der Waals surface area contributed by atoms with Gasteiger partial charge in [0.15, 0.2) is 6.04 Å².